The van der Waals surface area contributed by atoms with Crippen LogP contribution in [0.4, 0.5) is 0 Å². The summed E-state index contributed by atoms with van der Waals surface area (Å²) in [5, 5.41) is 3.27. The lowest BCUT2D eigenvalue weighted by Crippen LogP contribution is -2.38. The number of piperidine rings is 1. The molecule has 4 nitrogen and oxygen atoms in total. The van der Waals surface area contributed by atoms with Gasteiger partial charge in [0, 0.05) is 6.54 Å². The van der Waals surface area contributed by atoms with Crippen LogP contribution in [0, 0.1) is 11.8 Å². The second-order valence-corrected chi connectivity index (χ2v) is 8.03. The summed E-state index contributed by atoms with van der Waals surface area (Å²) in [5.74, 6) is 1.33. The highest BCUT2D eigenvalue weighted by atomic mass is 32.2. The maximum Gasteiger partial charge on any atom is 0.211 e. The van der Waals surface area contributed by atoms with Crippen molar-refractivity contribution in [3.8, 4) is 0 Å². The van der Waals surface area contributed by atoms with Crippen molar-refractivity contribution in [2.24, 2.45) is 11.8 Å². The van der Waals surface area contributed by atoms with Gasteiger partial charge in [0.2, 0.25) is 10.0 Å². The molecule has 0 bridgehead atoms. The van der Waals surface area contributed by atoms with E-state index in [0.29, 0.717) is 18.2 Å². The smallest absolute Gasteiger partial charge is 0.211 e. The molecular formula is C14H28N2O2S. The van der Waals surface area contributed by atoms with Gasteiger partial charge in [0.25, 0.3) is 0 Å². The van der Waals surface area contributed by atoms with Crippen LogP contribution in [0.3, 0.4) is 0 Å². The average molecular weight is 288 g/mol. The zero-order chi connectivity index (χ0) is 13.6. The van der Waals surface area contributed by atoms with Crippen molar-refractivity contribution in [1.29, 1.82) is 0 Å². The van der Waals surface area contributed by atoms with Gasteiger partial charge in [-0.25, -0.2) is 13.1 Å². The Labute approximate surface area is 117 Å². The number of rotatable bonds is 6. The van der Waals surface area contributed by atoms with E-state index in [1.807, 2.05) is 0 Å². The van der Waals surface area contributed by atoms with E-state index in [4.69, 9.17) is 0 Å². The van der Waals surface area contributed by atoms with Crippen LogP contribution in [-0.4, -0.2) is 33.8 Å². The molecule has 1 saturated heterocycles. The third-order valence-electron chi connectivity index (χ3n) is 4.45. The van der Waals surface area contributed by atoms with E-state index in [0.717, 1.165) is 38.3 Å². The maximum atomic E-state index is 12.0. The van der Waals surface area contributed by atoms with Crippen molar-refractivity contribution in [3.63, 3.8) is 0 Å². The second-order valence-electron chi connectivity index (χ2n) is 6.18. The largest absolute Gasteiger partial charge is 0.316 e. The molecule has 2 rings (SSSR count). The third-order valence-corrected chi connectivity index (χ3v) is 6.01. The number of hydrogen-bond donors (Lipinski definition) is 2. The zero-order valence-corrected chi connectivity index (χ0v) is 12.7. The summed E-state index contributed by atoms with van der Waals surface area (Å²) in [7, 11) is -3.07. The van der Waals surface area contributed by atoms with Crippen LogP contribution in [0.15, 0.2) is 0 Å². The van der Waals surface area contributed by atoms with Gasteiger partial charge in [-0.05, 0) is 44.2 Å². The van der Waals surface area contributed by atoms with Crippen LogP contribution in [0.2, 0.25) is 0 Å². The molecule has 5 heteroatoms. The van der Waals surface area contributed by atoms with Gasteiger partial charge in [-0.2, -0.15) is 0 Å². The standard InChI is InChI=1S/C14H28N2O2S/c17-19(18,12-14-7-4-9-15-11-14)16-10-8-13-5-2-1-3-6-13/h13-16H,1-12H2. The van der Waals surface area contributed by atoms with Crippen molar-refractivity contribution in [3.05, 3.63) is 0 Å². The lowest BCUT2D eigenvalue weighted by atomic mass is 9.87. The Morgan fingerprint density at radius 3 is 2.42 bits per heavy atom. The van der Waals surface area contributed by atoms with Gasteiger partial charge in [-0.15, -0.1) is 0 Å². The SMILES string of the molecule is O=S(=O)(CC1CCCNC1)NCCC1CCCCC1. The molecule has 2 aliphatic rings. The first kappa shape index (κ1) is 15.3. The zero-order valence-electron chi connectivity index (χ0n) is 11.9. The third kappa shape index (κ3) is 5.79. The molecule has 1 aliphatic heterocycles. The first-order valence-corrected chi connectivity index (χ1v) is 9.49. The Kier molecular flexibility index (Phi) is 6.10. The van der Waals surface area contributed by atoms with Crippen LogP contribution < -0.4 is 10.0 Å². The summed E-state index contributed by atoms with van der Waals surface area (Å²) >= 11 is 0. The van der Waals surface area contributed by atoms with Crippen molar-refractivity contribution in [2.45, 2.75) is 51.4 Å². The Morgan fingerprint density at radius 2 is 1.74 bits per heavy atom. The molecule has 1 unspecified atom stereocenters. The Morgan fingerprint density at radius 1 is 1.00 bits per heavy atom. The topological polar surface area (TPSA) is 58.2 Å². The lowest BCUT2D eigenvalue weighted by molar-refractivity contribution is 0.339. The molecule has 0 spiro atoms. The summed E-state index contributed by atoms with van der Waals surface area (Å²) < 4.78 is 26.8. The predicted octanol–water partition coefficient (Wildman–Crippen LogP) is 1.88. The summed E-state index contributed by atoms with van der Waals surface area (Å²) in [6, 6.07) is 0. The number of hydrogen-bond acceptors (Lipinski definition) is 3. The summed E-state index contributed by atoms with van der Waals surface area (Å²) in [6.07, 6.45) is 9.73. The molecule has 2 fully saturated rings. The summed E-state index contributed by atoms with van der Waals surface area (Å²) in [4.78, 5) is 0. The van der Waals surface area contributed by atoms with Crippen LogP contribution in [0.5, 0.6) is 0 Å². The molecule has 0 aromatic heterocycles. The molecule has 0 aromatic rings. The van der Waals surface area contributed by atoms with Gasteiger partial charge in [0.15, 0.2) is 0 Å². The van der Waals surface area contributed by atoms with E-state index < -0.39 is 10.0 Å². The molecule has 1 saturated carbocycles. The minimum absolute atomic E-state index is 0.293. The van der Waals surface area contributed by atoms with Gasteiger partial charge in [-0.3, -0.25) is 0 Å². The van der Waals surface area contributed by atoms with E-state index in [1.165, 1.54) is 32.1 Å². The fraction of sp³-hybridized carbons (Fsp3) is 1.00. The minimum atomic E-state index is -3.07. The highest BCUT2D eigenvalue weighted by molar-refractivity contribution is 7.89. The fourth-order valence-electron chi connectivity index (χ4n) is 3.33. The van der Waals surface area contributed by atoms with E-state index in [2.05, 4.69) is 10.0 Å². The molecule has 0 aromatic carbocycles. The second kappa shape index (κ2) is 7.60. The minimum Gasteiger partial charge on any atom is -0.316 e. The fourth-order valence-corrected chi connectivity index (χ4v) is 4.78. The average Bonchev–Trinajstić information content (AvgIpc) is 2.40. The highest BCUT2D eigenvalue weighted by Gasteiger charge is 2.21. The van der Waals surface area contributed by atoms with E-state index in [9.17, 15) is 8.42 Å². The Bertz CT molecular complexity index is 344. The van der Waals surface area contributed by atoms with E-state index in [-0.39, 0.29) is 0 Å². The monoisotopic (exact) mass is 288 g/mol. The van der Waals surface area contributed by atoms with Crippen molar-refractivity contribution < 1.29 is 8.42 Å². The predicted molar refractivity (Wildman–Crippen MR) is 78.6 cm³/mol. The molecule has 112 valence electrons. The van der Waals surface area contributed by atoms with Gasteiger partial charge in [0.05, 0.1) is 5.75 Å². The Balaban J connectivity index is 1.65. The first-order chi connectivity index (χ1) is 9.16. The molecule has 0 radical (unpaired) electrons. The van der Waals surface area contributed by atoms with Crippen LogP contribution >= 0.6 is 0 Å². The van der Waals surface area contributed by atoms with Crippen LogP contribution in [-0.2, 0) is 10.0 Å². The molecule has 1 atom stereocenters. The van der Waals surface area contributed by atoms with Crippen molar-refractivity contribution >= 4 is 10.0 Å². The molecule has 1 aliphatic carbocycles. The maximum absolute atomic E-state index is 12.0. The van der Waals surface area contributed by atoms with Gasteiger partial charge >= 0.3 is 0 Å². The molecule has 19 heavy (non-hydrogen) atoms. The van der Waals surface area contributed by atoms with Crippen molar-refractivity contribution in [1.82, 2.24) is 10.0 Å². The normalized spacial score (nSPS) is 26.4. The van der Waals surface area contributed by atoms with E-state index >= 15 is 0 Å². The number of nitrogens with one attached hydrogen (secondary N) is 2. The van der Waals surface area contributed by atoms with E-state index in [1.54, 1.807) is 0 Å². The van der Waals surface area contributed by atoms with Crippen molar-refractivity contribution in [2.75, 3.05) is 25.4 Å². The van der Waals surface area contributed by atoms with Crippen LogP contribution in [0.25, 0.3) is 0 Å². The molecule has 0 amide bonds. The van der Waals surface area contributed by atoms with Gasteiger partial charge in [-0.1, -0.05) is 32.1 Å². The quantitative estimate of drug-likeness (QED) is 0.784. The van der Waals surface area contributed by atoms with Gasteiger partial charge in [0.1, 0.15) is 0 Å². The lowest BCUT2D eigenvalue weighted by Gasteiger charge is -2.23. The van der Waals surface area contributed by atoms with Crippen LogP contribution in [0.1, 0.15) is 51.4 Å². The summed E-state index contributed by atoms with van der Waals surface area (Å²) in [6.45, 7) is 2.52. The first-order valence-electron chi connectivity index (χ1n) is 7.84. The number of sulfonamides is 1. The van der Waals surface area contributed by atoms with Gasteiger partial charge < -0.3 is 5.32 Å². The molecule has 1 heterocycles. The Hall–Kier alpha value is -0.130. The summed E-state index contributed by atoms with van der Waals surface area (Å²) in [5.41, 5.74) is 0. The molecule has 2 N–H and O–H groups in total. The molecular weight excluding hydrogens is 260 g/mol. The highest BCUT2D eigenvalue weighted by Crippen LogP contribution is 2.25.